The Morgan fingerprint density at radius 2 is 2.33 bits per heavy atom. The van der Waals surface area contributed by atoms with Crippen LogP contribution in [0.5, 0.6) is 0 Å². The maximum Gasteiger partial charge on any atom is 0.284 e. The fourth-order valence-electron chi connectivity index (χ4n) is 2.83. The van der Waals surface area contributed by atoms with Crippen LogP contribution in [0.4, 0.5) is 10.1 Å². The highest BCUT2D eigenvalue weighted by Crippen LogP contribution is 2.38. The largest absolute Gasteiger partial charge is 0.379 e. The second kappa shape index (κ2) is 8.06. The van der Waals surface area contributed by atoms with E-state index in [0.717, 1.165) is 23.5 Å². The summed E-state index contributed by atoms with van der Waals surface area (Å²) in [4.78, 5) is 26.0. The molecule has 0 aromatic carbocycles. The Hall–Kier alpha value is -2.44. The first-order valence-electron chi connectivity index (χ1n) is 8.20. The zero-order chi connectivity index (χ0) is 19.4. The molecule has 2 atom stereocenters. The minimum Gasteiger partial charge on any atom is -0.379 e. The van der Waals surface area contributed by atoms with Crippen LogP contribution >= 0.6 is 23.1 Å². The van der Waals surface area contributed by atoms with Gasteiger partial charge in [0.15, 0.2) is 16.8 Å². The Balaban J connectivity index is 1.79. The molecule has 1 amide bonds. The third kappa shape index (κ3) is 4.64. The molecule has 0 aliphatic carbocycles. The lowest BCUT2D eigenvalue weighted by molar-refractivity contribution is 0.102. The number of nitrogens with two attached hydrogens (primary N) is 1. The van der Waals surface area contributed by atoms with Crippen LogP contribution < -0.4 is 11.1 Å². The maximum absolute atomic E-state index is 12.4. The van der Waals surface area contributed by atoms with Crippen molar-refractivity contribution in [2.75, 3.05) is 12.0 Å². The fraction of sp³-hybridized carbons (Fsp3) is 0.333. The van der Waals surface area contributed by atoms with Gasteiger partial charge in [0.1, 0.15) is 5.54 Å². The topological polar surface area (TPSA) is 93.3 Å². The Bertz CT molecular complexity index is 948. The summed E-state index contributed by atoms with van der Waals surface area (Å²) >= 11 is 2.66. The van der Waals surface area contributed by atoms with Gasteiger partial charge in [-0.2, -0.15) is 0 Å². The molecule has 0 bridgehead atoms. The van der Waals surface area contributed by atoms with Crippen molar-refractivity contribution in [2.45, 2.75) is 31.1 Å². The molecule has 0 unspecified atom stereocenters. The molecule has 27 heavy (non-hydrogen) atoms. The van der Waals surface area contributed by atoms with Gasteiger partial charge in [0, 0.05) is 17.1 Å². The minimum absolute atomic E-state index is 0.257. The SMILES string of the molecule is C[C@@H]1C[C@@](C)(c2cc(NC(=O)c3ncc(C#CCF)s3)ccn2)N=C(N)S1. The molecule has 3 N–H and O–H groups in total. The number of rotatable bonds is 3. The number of pyridine rings is 1. The Kier molecular flexibility index (Phi) is 5.77. The number of thioether (sulfide) groups is 1. The first-order valence-corrected chi connectivity index (χ1v) is 9.90. The maximum atomic E-state index is 12.4. The molecule has 0 radical (unpaired) electrons. The highest BCUT2D eigenvalue weighted by atomic mass is 32.2. The number of halogens is 1. The minimum atomic E-state index is -0.734. The van der Waals surface area contributed by atoms with Crippen molar-refractivity contribution >= 4 is 39.9 Å². The predicted molar refractivity (Wildman–Crippen MR) is 108 cm³/mol. The fourth-order valence-corrected chi connectivity index (χ4v) is 4.59. The van der Waals surface area contributed by atoms with Crippen LogP contribution in [-0.2, 0) is 5.54 Å². The summed E-state index contributed by atoms with van der Waals surface area (Å²) in [5, 5.41) is 3.93. The molecule has 9 heteroatoms. The van der Waals surface area contributed by atoms with Gasteiger partial charge in [0.2, 0.25) is 0 Å². The Morgan fingerprint density at radius 1 is 1.52 bits per heavy atom. The summed E-state index contributed by atoms with van der Waals surface area (Å²) in [5.41, 5.74) is 6.74. The van der Waals surface area contributed by atoms with Gasteiger partial charge in [-0.3, -0.25) is 9.78 Å². The molecule has 3 heterocycles. The molecule has 140 valence electrons. The number of amidine groups is 1. The zero-order valence-electron chi connectivity index (χ0n) is 14.8. The van der Waals surface area contributed by atoms with Crippen molar-refractivity contribution in [1.29, 1.82) is 0 Å². The second-order valence-electron chi connectivity index (χ2n) is 6.21. The number of alkyl halides is 1. The smallest absolute Gasteiger partial charge is 0.284 e. The van der Waals surface area contributed by atoms with Crippen molar-refractivity contribution < 1.29 is 9.18 Å². The van der Waals surface area contributed by atoms with Crippen LogP contribution in [0.2, 0.25) is 0 Å². The number of carbonyl (C=O) groups is 1. The Morgan fingerprint density at radius 3 is 3.07 bits per heavy atom. The summed E-state index contributed by atoms with van der Waals surface area (Å²) in [7, 11) is 0. The van der Waals surface area contributed by atoms with E-state index in [1.54, 1.807) is 30.1 Å². The van der Waals surface area contributed by atoms with E-state index in [1.807, 2.05) is 6.92 Å². The molecular weight excluding hydrogens is 385 g/mol. The monoisotopic (exact) mass is 403 g/mol. The molecule has 6 nitrogen and oxygen atoms in total. The number of nitrogens with zero attached hydrogens (tertiary/aromatic N) is 3. The van der Waals surface area contributed by atoms with Gasteiger partial charge < -0.3 is 11.1 Å². The van der Waals surface area contributed by atoms with Gasteiger partial charge in [-0.15, -0.1) is 11.3 Å². The molecular formula is C18H18FN5OS2. The lowest BCUT2D eigenvalue weighted by atomic mass is 9.91. The molecule has 1 aliphatic heterocycles. The van der Waals surface area contributed by atoms with Crippen molar-refractivity contribution in [2.24, 2.45) is 10.7 Å². The number of aromatic nitrogens is 2. The van der Waals surface area contributed by atoms with E-state index in [0.29, 0.717) is 21.0 Å². The van der Waals surface area contributed by atoms with Crippen molar-refractivity contribution in [3.8, 4) is 11.8 Å². The lowest BCUT2D eigenvalue weighted by Gasteiger charge is -2.32. The van der Waals surface area contributed by atoms with Gasteiger partial charge in [-0.1, -0.05) is 30.5 Å². The number of nitrogens with one attached hydrogen (secondary N) is 1. The molecule has 0 saturated carbocycles. The van der Waals surface area contributed by atoms with E-state index in [-0.39, 0.29) is 10.9 Å². The van der Waals surface area contributed by atoms with E-state index in [2.05, 4.69) is 39.0 Å². The third-order valence-corrected chi connectivity index (χ3v) is 5.73. The Labute approximate surface area is 164 Å². The van der Waals surface area contributed by atoms with E-state index in [9.17, 15) is 9.18 Å². The summed E-state index contributed by atoms with van der Waals surface area (Å²) < 4.78 is 12.1. The summed E-state index contributed by atoms with van der Waals surface area (Å²) in [6.45, 7) is 3.35. The van der Waals surface area contributed by atoms with Crippen LogP contribution in [0.25, 0.3) is 0 Å². The summed E-state index contributed by atoms with van der Waals surface area (Å²) in [5.74, 6) is 4.57. The average Bonchev–Trinajstić information content (AvgIpc) is 3.08. The predicted octanol–water partition coefficient (Wildman–Crippen LogP) is 3.17. The summed E-state index contributed by atoms with van der Waals surface area (Å²) in [6.07, 6.45) is 3.89. The van der Waals surface area contributed by atoms with Gasteiger partial charge in [0.05, 0.1) is 16.8 Å². The lowest BCUT2D eigenvalue weighted by Crippen LogP contribution is -2.33. The average molecular weight is 404 g/mol. The highest BCUT2D eigenvalue weighted by molar-refractivity contribution is 8.14. The first kappa shape index (κ1) is 19.3. The van der Waals surface area contributed by atoms with E-state index >= 15 is 0 Å². The number of aliphatic imine (C=N–C) groups is 1. The van der Waals surface area contributed by atoms with Crippen LogP contribution in [0.15, 0.2) is 29.5 Å². The van der Waals surface area contributed by atoms with Crippen molar-refractivity contribution in [3.05, 3.63) is 40.1 Å². The van der Waals surface area contributed by atoms with Crippen LogP contribution in [0.3, 0.4) is 0 Å². The number of carbonyl (C=O) groups excluding carboxylic acids is 1. The molecule has 0 fully saturated rings. The van der Waals surface area contributed by atoms with Crippen molar-refractivity contribution in [3.63, 3.8) is 0 Å². The summed E-state index contributed by atoms with van der Waals surface area (Å²) in [6, 6.07) is 3.51. The zero-order valence-corrected chi connectivity index (χ0v) is 16.5. The van der Waals surface area contributed by atoms with Gasteiger partial charge in [-0.25, -0.2) is 14.4 Å². The molecule has 2 aromatic heterocycles. The van der Waals surface area contributed by atoms with Gasteiger partial charge >= 0.3 is 0 Å². The molecule has 1 aliphatic rings. The van der Waals surface area contributed by atoms with Crippen molar-refractivity contribution in [1.82, 2.24) is 9.97 Å². The van der Waals surface area contributed by atoms with Gasteiger partial charge in [-0.05, 0) is 25.5 Å². The second-order valence-corrected chi connectivity index (χ2v) is 8.69. The number of amides is 1. The van der Waals surface area contributed by atoms with Crippen LogP contribution in [0.1, 0.15) is 40.6 Å². The van der Waals surface area contributed by atoms with E-state index < -0.39 is 12.2 Å². The van der Waals surface area contributed by atoms with E-state index in [1.165, 1.54) is 6.20 Å². The molecule has 2 aromatic rings. The number of hydrogen-bond acceptors (Lipinski definition) is 7. The highest BCUT2D eigenvalue weighted by Gasteiger charge is 2.34. The van der Waals surface area contributed by atoms with Crippen LogP contribution in [-0.4, -0.2) is 33.0 Å². The number of thiazole rings is 1. The number of anilines is 1. The molecule has 0 spiro atoms. The standard InChI is InChI=1S/C18H18FN5OS2/c1-11-9-18(2,24-17(20)26-11)14-8-12(5-7-21-14)23-15(25)16-22-10-13(27-16)4-3-6-19/h5,7-8,10-11H,6,9H2,1-2H3,(H2,20,24)(H,21,23,25)/t11-,18+/m1/s1. The van der Waals surface area contributed by atoms with E-state index in [4.69, 9.17) is 5.73 Å². The quantitative estimate of drug-likeness (QED) is 0.768. The first-order chi connectivity index (χ1) is 12.9. The normalized spacial score (nSPS) is 21.7. The number of hydrogen-bond donors (Lipinski definition) is 2. The van der Waals surface area contributed by atoms with Crippen LogP contribution in [0, 0.1) is 11.8 Å². The molecule has 0 saturated heterocycles. The molecule has 3 rings (SSSR count). The third-order valence-electron chi connectivity index (χ3n) is 3.91. The van der Waals surface area contributed by atoms with Gasteiger partial charge in [0.25, 0.3) is 5.91 Å².